The zero-order valence-electron chi connectivity index (χ0n) is 9.00. The van der Waals surface area contributed by atoms with E-state index < -0.39 is 11.3 Å². The molecular formula is C12H15ClO2. The van der Waals surface area contributed by atoms with Crippen LogP contribution in [0.4, 0.5) is 0 Å². The third-order valence-corrected chi connectivity index (χ3v) is 2.40. The molecule has 0 aliphatic carbocycles. The molecule has 15 heavy (non-hydrogen) atoms. The Hall–Kier alpha value is -1.02. The topological polar surface area (TPSA) is 26.3 Å². The maximum absolute atomic E-state index is 10.8. The minimum absolute atomic E-state index is 0.479. The zero-order valence-corrected chi connectivity index (χ0v) is 9.75. The van der Waals surface area contributed by atoms with E-state index in [9.17, 15) is 4.79 Å². The van der Waals surface area contributed by atoms with Gasteiger partial charge in [0.05, 0.1) is 0 Å². The highest BCUT2D eigenvalue weighted by molar-refractivity contribution is 6.64. The van der Waals surface area contributed by atoms with Gasteiger partial charge in [0, 0.05) is 0 Å². The number of benzene rings is 1. The fraction of sp³-hybridized carbons (Fsp3) is 0.417. The fourth-order valence-electron chi connectivity index (χ4n) is 1.27. The first-order valence-corrected chi connectivity index (χ1v) is 5.46. The van der Waals surface area contributed by atoms with E-state index in [2.05, 4.69) is 6.92 Å². The second-order valence-corrected chi connectivity index (χ2v) is 3.83. The van der Waals surface area contributed by atoms with Gasteiger partial charge in [0.2, 0.25) is 0 Å². The van der Waals surface area contributed by atoms with Gasteiger partial charge in [-0.05, 0) is 42.6 Å². The largest absolute Gasteiger partial charge is 0.482 e. The Balaban J connectivity index is 2.60. The van der Waals surface area contributed by atoms with E-state index in [0.29, 0.717) is 5.75 Å². The van der Waals surface area contributed by atoms with Crippen LogP contribution in [0.1, 0.15) is 25.8 Å². The first-order valence-electron chi connectivity index (χ1n) is 5.08. The smallest absolute Gasteiger partial charge is 0.262 e. The van der Waals surface area contributed by atoms with Crippen molar-refractivity contribution in [2.24, 2.45) is 0 Å². The van der Waals surface area contributed by atoms with Crippen LogP contribution in [0.15, 0.2) is 24.3 Å². The lowest BCUT2D eigenvalue weighted by Gasteiger charge is -2.10. The highest BCUT2D eigenvalue weighted by Gasteiger charge is 2.10. The molecule has 0 spiro atoms. The predicted octanol–water partition coefficient (Wildman–Crippen LogP) is 3.17. The molecule has 0 aliphatic heterocycles. The molecule has 0 saturated heterocycles. The van der Waals surface area contributed by atoms with Crippen molar-refractivity contribution in [2.75, 3.05) is 0 Å². The molecule has 0 bridgehead atoms. The number of rotatable bonds is 5. The van der Waals surface area contributed by atoms with E-state index >= 15 is 0 Å². The van der Waals surface area contributed by atoms with Crippen LogP contribution < -0.4 is 4.74 Å². The third-order valence-electron chi connectivity index (χ3n) is 2.09. The van der Waals surface area contributed by atoms with E-state index in [-0.39, 0.29) is 0 Å². The molecule has 0 fully saturated rings. The highest BCUT2D eigenvalue weighted by atomic mass is 35.5. The Kier molecular flexibility index (Phi) is 4.63. The second kappa shape index (κ2) is 5.76. The van der Waals surface area contributed by atoms with Gasteiger partial charge in [0.1, 0.15) is 5.75 Å². The molecule has 0 aliphatic rings. The highest BCUT2D eigenvalue weighted by Crippen LogP contribution is 2.15. The summed E-state index contributed by atoms with van der Waals surface area (Å²) in [6, 6.07) is 7.73. The van der Waals surface area contributed by atoms with Crippen molar-refractivity contribution in [3.05, 3.63) is 29.8 Å². The molecule has 1 rings (SSSR count). The van der Waals surface area contributed by atoms with Crippen LogP contribution in [0.2, 0.25) is 0 Å². The predicted molar refractivity (Wildman–Crippen MR) is 61.4 cm³/mol. The molecule has 0 amide bonds. The van der Waals surface area contributed by atoms with Gasteiger partial charge in [0.25, 0.3) is 5.24 Å². The molecule has 0 heterocycles. The van der Waals surface area contributed by atoms with Crippen molar-refractivity contribution in [3.63, 3.8) is 0 Å². The minimum Gasteiger partial charge on any atom is -0.482 e. The van der Waals surface area contributed by atoms with Crippen LogP contribution in [-0.2, 0) is 11.2 Å². The number of hydrogen-bond donors (Lipinski definition) is 0. The Bertz CT molecular complexity index is 319. The maximum Gasteiger partial charge on any atom is 0.262 e. The van der Waals surface area contributed by atoms with Gasteiger partial charge < -0.3 is 4.74 Å². The van der Waals surface area contributed by atoms with Gasteiger partial charge in [-0.1, -0.05) is 25.5 Å². The molecule has 0 aromatic heterocycles. The minimum atomic E-state index is -0.594. The van der Waals surface area contributed by atoms with Gasteiger partial charge in [-0.25, -0.2) is 0 Å². The molecule has 2 nitrogen and oxygen atoms in total. The first-order chi connectivity index (χ1) is 7.13. The standard InChI is InChI=1S/C12H15ClO2/c1-3-4-10-5-7-11(8-6-10)15-9(2)12(13)14/h5-9H,3-4H2,1-2H3/t9-/m1/s1. The van der Waals surface area contributed by atoms with Crippen molar-refractivity contribution in [1.29, 1.82) is 0 Å². The number of carbonyl (C=O) groups excluding carboxylic acids is 1. The van der Waals surface area contributed by atoms with Crippen LogP contribution >= 0.6 is 11.6 Å². The third kappa shape index (κ3) is 3.92. The normalized spacial score (nSPS) is 12.2. The van der Waals surface area contributed by atoms with Gasteiger partial charge in [-0.2, -0.15) is 0 Å². The van der Waals surface area contributed by atoms with Crippen LogP contribution in [-0.4, -0.2) is 11.3 Å². The summed E-state index contributed by atoms with van der Waals surface area (Å²) in [7, 11) is 0. The Morgan fingerprint density at radius 2 is 2.00 bits per heavy atom. The van der Waals surface area contributed by atoms with Crippen molar-refractivity contribution in [2.45, 2.75) is 32.8 Å². The molecule has 82 valence electrons. The average Bonchev–Trinajstić information content (AvgIpc) is 2.21. The lowest BCUT2D eigenvalue weighted by atomic mass is 10.1. The summed E-state index contributed by atoms with van der Waals surface area (Å²) in [6.45, 7) is 3.77. The molecule has 1 atom stereocenters. The van der Waals surface area contributed by atoms with E-state index in [1.807, 2.05) is 24.3 Å². The van der Waals surface area contributed by atoms with Crippen molar-refractivity contribution >= 4 is 16.8 Å². The number of ether oxygens (including phenoxy) is 1. The monoisotopic (exact) mass is 226 g/mol. The van der Waals surface area contributed by atoms with E-state index in [0.717, 1.165) is 12.8 Å². The summed E-state index contributed by atoms with van der Waals surface area (Å²) in [4.78, 5) is 10.8. The Labute approximate surface area is 95.2 Å². The quantitative estimate of drug-likeness (QED) is 0.721. The summed E-state index contributed by atoms with van der Waals surface area (Å²) in [5.41, 5.74) is 1.27. The lowest BCUT2D eigenvalue weighted by molar-refractivity contribution is -0.117. The van der Waals surface area contributed by atoms with Gasteiger partial charge in [0.15, 0.2) is 6.10 Å². The van der Waals surface area contributed by atoms with Gasteiger partial charge >= 0.3 is 0 Å². The van der Waals surface area contributed by atoms with E-state index in [1.54, 1.807) is 6.92 Å². The summed E-state index contributed by atoms with van der Waals surface area (Å²) in [6.07, 6.45) is 1.59. The van der Waals surface area contributed by atoms with Gasteiger partial charge in [-0.15, -0.1) is 0 Å². The summed E-state index contributed by atoms with van der Waals surface area (Å²) < 4.78 is 5.33. The van der Waals surface area contributed by atoms with E-state index in [4.69, 9.17) is 16.3 Å². The van der Waals surface area contributed by atoms with Gasteiger partial charge in [-0.3, -0.25) is 4.79 Å². The second-order valence-electron chi connectivity index (χ2n) is 3.46. The van der Waals surface area contributed by atoms with Crippen molar-refractivity contribution < 1.29 is 9.53 Å². The molecule has 0 N–H and O–H groups in total. The Morgan fingerprint density at radius 3 is 2.47 bits per heavy atom. The fourth-order valence-corrected chi connectivity index (χ4v) is 1.32. The lowest BCUT2D eigenvalue weighted by Crippen LogP contribution is -2.18. The Morgan fingerprint density at radius 1 is 1.40 bits per heavy atom. The zero-order chi connectivity index (χ0) is 11.3. The molecule has 1 aromatic rings. The average molecular weight is 227 g/mol. The van der Waals surface area contributed by atoms with Crippen molar-refractivity contribution in [1.82, 2.24) is 0 Å². The maximum atomic E-state index is 10.8. The molecule has 3 heteroatoms. The van der Waals surface area contributed by atoms with E-state index in [1.165, 1.54) is 5.56 Å². The summed E-state index contributed by atoms with van der Waals surface area (Å²) in [5.74, 6) is 0.677. The first kappa shape index (κ1) is 12.1. The molecule has 0 radical (unpaired) electrons. The molecular weight excluding hydrogens is 212 g/mol. The number of aryl methyl sites for hydroxylation is 1. The van der Waals surface area contributed by atoms with Crippen LogP contribution in [0, 0.1) is 0 Å². The molecule has 0 unspecified atom stereocenters. The molecule has 1 aromatic carbocycles. The van der Waals surface area contributed by atoms with Crippen LogP contribution in [0.5, 0.6) is 5.75 Å². The molecule has 0 saturated carbocycles. The SMILES string of the molecule is CCCc1ccc(O[C@H](C)C(=O)Cl)cc1. The summed E-state index contributed by atoms with van der Waals surface area (Å²) >= 11 is 5.30. The van der Waals surface area contributed by atoms with Crippen LogP contribution in [0.25, 0.3) is 0 Å². The number of halogens is 1. The number of hydrogen-bond acceptors (Lipinski definition) is 2. The van der Waals surface area contributed by atoms with Crippen molar-refractivity contribution in [3.8, 4) is 5.75 Å². The summed E-state index contributed by atoms with van der Waals surface area (Å²) in [5, 5.41) is -0.479. The van der Waals surface area contributed by atoms with Crippen LogP contribution in [0.3, 0.4) is 0 Å². The number of carbonyl (C=O) groups is 1.